The fraction of sp³-hybridized carbons (Fsp3) is 0.583. The predicted molar refractivity (Wildman–Crippen MR) is 61.7 cm³/mol. The topological polar surface area (TPSA) is 34.1 Å². The van der Waals surface area contributed by atoms with Crippen LogP contribution in [0.15, 0.2) is 18.3 Å². The number of hydrogen-bond donors (Lipinski definition) is 1. The molecule has 0 radical (unpaired) electrons. The van der Waals surface area contributed by atoms with Gasteiger partial charge in [-0.2, -0.15) is 0 Å². The molecule has 0 aliphatic carbocycles. The van der Waals surface area contributed by atoms with Gasteiger partial charge in [-0.25, -0.2) is 4.39 Å². The molecule has 0 spiro atoms. The molecule has 90 valence electrons. The minimum Gasteiger partial charge on any atom is -0.377 e. The molecular weight excluding hydrogens is 207 g/mol. The summed E-state index contributed by atoms with van der Waals surface area (Å²) in [5.41, 5.74) is 0.838. The van der Waals surface area contributed by atoms with Crippen LogP contribution in [0.4, 0.5) is 4.39 Å². The Hall–Kier alpha value is -1.00. The summed E-state index contributed by atoms with van der Waals surface area (Å²) in [5.74, 6) is -0.307. The second-order valence-electron chi connectivity index (χ2n) is 3.80. The molecule has 1 heterocycles. The first-order valence-corrected chi connectivity index (χ1v) is 5.60. The Labute approximate surface area is 96.0 Å². The second-order valence-corrected chi connectivity index (χ2v) is 3.80. The van der Waals surface area contributed by atoms with E-state index in [1.54, 1.807) is 6.07 Å². The summed E-state index contributed by atoms with van der Waals surface area (Å²) in [6, 6.07) is 3.22. The van der Waals surface area contributed by atoms with Crippen molar-refractivity contribution in [1.82, 2.24) is 10.3 Å². The first-order valence-electron chi connectivity index (χ1n) is 5.60. The molecule has 1 aromatic rings. The minimum absolute atomic E-state index is 0.100. The van der Waals surface area contributed by atoms with Crippen molar-refractivity contribution in [2.75, 3.05) is 13.2 Å². The molecule has 0 aromatic carbocycles. The van der Waals surface area contributed by atoms with E-state index >= 15 is 0 Å². The normalized spacial score (nSPS) is 14.8. The largest absolute Gasteiger partial charge is 0.377 e. The van der Waals surface area contributed by atoms with Crippen LogP contribution in [0.2, 0.25) is 0 Å². The molecule has 2 atom stereocenters. The Kier molecular flexibility index (Phi) is 5.35. The number of ether oxygens (including phenoxy) is 1. The molecule has 1 aromatic heterocycles. The van der Waals surface area contributed by atoms with E-state index < -0.39 is 0 Å². The standard InChI is InChI=1S/C12H19FN2O/c1-4-16-9(2)7-14-10(3)12-6-5-11(13)8-15-12/h5-6,8-10,14H,4,7H2,1-3H3. The third-order valence-electron chi connectivity index (χ3n) is 2.36. The van der Waals surface area contributed by atoms with Crippen LogP contribution in [0.25, 0.3) is 0 Å². The van der Waals surface area contributed by atoms with Crippen molar-refractivity contribution in [2.45, 2.75) is 32.9 Å². The van der Waals surface area contributed by atoms with Crippen molar-refractivity contribution in [1.29, 1.82) is 0 Å². The molecule has 1 rings (SSSR count). The Morgan fingerprint density at radius 2 is 2.19 bits per heavy atom. The number of aromatic nitrogens is 1. The van der Waals surface area contributed by atoms with Crippen molar-refractivity contribution >= 4 is 0 Å². The van der Waals surface area contributed by atoms with Crippen LogP contribution in [0, 0.1) is 5.82 Å². The Morgan fingerprint density at radius 1 is 1.44 bits per heavy atom. The molecule has 4 heteroatoms. The maximum atomic E-state index is 12.7. The van der Waals surface area contributed by atoms with E-state index in [4.69, 9.17) is 4.74 Å². The molecule has 0 fully saturated rings. The Balaban J connectivity index is 2.40. The van der Waals surface area contributed by atoms with E-state index in [0.29, 0.717) is 6.61 Å². The highest BCUT2D eigenvalue weighted by molar-refractivity contribution is 5.08. The molecule has 0 bridgehead atoms. The lowest BCUT2D eigenvalue weighted by atomic mass is 10.2. The van der Waals surface area contributed by atoms with Gasteiger partial charge in [0.2, 0.25) is 0 Å². The lowest BCUT2D eigenvalue weighted by molar-refractivity contribution is 0.0742. The van der Waals surface area contributed by atoms with Crippen LogP contribution >= 0.6 is 0 Å². The summed E-state index contributed by atoms with van der Waals surface area (Å²) in [5, 5.41) is 3.29. The van der Waals surface area contributed by atoms with E-state index in [1.807, 2.05) is 20.8 Å². The summed E-state index contributed by atoms with van der Waals surface area (Å²) in [6.07, 6.45) is 1.41. The van der Waals surface area contributed by atoms with Crippen LogP contribution in [0.5, 0.6) is 0 Å². The first kappa shape index (κ1) is 13.1. The fourth-order valence-electron chi connectivity index (χ4n) is 1.43. The van der Waals surface area contributed by atoms with E-state index in [0.717, 1.165) is 12.2 Å². The van der Waals surface area contributed by atoms with Crippen LogP contribution < -0.4 is 5.32 Å². The summed E-state index contributed by atoms with van der Waals surface area (Å²) < 4.78 is 18.1. The Bertz CT molecular complexity index is 302. The zero-order valence-electron chi connectivity index (χ0n) is 10.0. The van der Waals surface area contributed by atoms with E-state index in [2.05, 4.69) is 10.3 Å². The highest BCUT2D eigenvalue weighted by atomic mass is 19.1. The van der Waals surface area contributed by atoms with Gasteiger partial charge in [0.15, 0.2) is 0 Å². The fourth-order valence-corrected chi connectivity index (χ4v) is 1.43. The van der Waals surface area contributed by atoms with E-state index in [9.17, 15) is 4.39 Å². The third kappa shape index (κ3) is 4.24. The van der Waals surface area contributed by atoms with Gasteiger partial charge in [0.25, 0.3) is 0 Å². The first-order chi connectivity index (χ1) is 7.63. The number of pyridine rings is 1. The number of nitrogens with one attached hydrogen (secondary N) is 1. The van der Waals surface area contributed by atoms with E-state index in [-0.39, 0.29) is 18.0 Å². The molecule has 0 saturated heterocycles. The minimum atomic E-state index is -0.307. The van der Waals surface area contributed by atoms with Gasteiger partial charge in [0.05, 0.1) is 18.0 Å². The highest BCUT2D eigenvalue weighted by Gasteiger charge is 2.08. The molecule has 0 aliphatic rings. The van der Waals surface area contributed by atoms with Crippen LogP contribution in [0.3, 0.4) is 0 Å². The molecule has 16 heavy (non-hydrogen) atoms. The average molecular weight is 226 g/mol. The van der Waals surface area contributed by atoms with Crippen molar-refractivity contribution in [3.05, 3.63) is 29.8 Å². The summed E-state index contributed by atoms with van der Waals surface area (Å²) >= 11 is 0. The molecular formula is C12H19FN2O. The molecule has 0 aliphatic heterocycles. The van der Waals surface area contributed by atoms with Gasteiger partial charge >= 0.3 is 0 Å². The van der Waals surface area contributed by atoms with Gasteiger partial charge < -0.3 is 10.1 Å². The van der Waals surface area contributed by atoms with Crippen molar-refractivity contribution in [2.24, 2.45) is 0 Å². The average Bonchev–Trinajstić information content (AvgIpc) is 2.27. The number of rotatable bonds is 6. The maximum absolute atomic E-state index is 12.7. The predicted octanol–water partition coefficient (Wildman–Crippen LogP) is 2.30. The molecule has 0 amide bonds. The molecule has 0 saturated carbocycles. The molecule has 3 nitrogen and oxygen atoms in total. The van der Waals surface area contributed by atoms with Crippen molar-refractivity contribution in [3.63, 3.8) is 0 Å². The van der Waals surface area contributed by atoms with Gasteiger partial charge in [-0.05, 0) is 32.9 Å². The van der Waals surface area contributed by atoms with Gasteiger partial charge in [-0.3, -0.25) is 4.98 Å². The zero-order valence-corrected chi connectivity index (χ0v) is 10.0. The van der Waals surface area contributed by atoms with Gasteiger partial charge in [-0.1, -0.05) is 0 Å². The molecule has 2 unspecified atom stereocenters. The lowest BCUT2D eigenvalue weighted by Gasteiger charge is -2.17. The monoisotopic (exact) mass is 226 g/mol. The summed E-state index contributed by atoms with van der Waals surface area (Å²) in [7, 11) is 0. The van der Waals surface area contributed by atoms with Crippen LogP contribution in [0.1, 0.15) is 32.5 Å². The van der Waals surface area contributed by atoms with Crippen LogP contribution in [-0.4, -0.2) is 24.2 Å². The Morgan fingerprint density at radius 3 is 2.75 bits per heavy atom. The third-order valence-corrected chi connectivity index (χ3v) is 2.36. The maximum Gasteiger partial charge on any atom is 0.141 e. The van der Waals surface area contributed by atoms with Gasteiger partial charge in [-0.15, -0.1) is 0 Å². The second kappa shape index (κ2) is 6.55. The zero-order chi connectivity index (χ0) is 12.0. The lowest BCUT2D eigenvalue weighted by Crippen LogP contribution is -2.29. The SMILES string of the molecule is CCOC(C)CNC(C)c1ccc(F)cn1. The van der Waals surface area contributed by atoms with E-state index in [1.165, 1.54) is 12.3 Å². The number of hydrogen-bond acceptors (Lipinski definition) is 3. The summed E-state index contributed by atoms with van der Waals surface area (Å²) in [4.78, 5) is 4.02. The molecule has 1 N–H and O–H groups in total. The van der Waals surface area contributed by atoms with Gasteiger partial charge in [0.1, 0.15) is 5.82 Å². The smallest absolute Gasteiger partial charge is 0.141 e. The number of nitrogens with zero attached hydrogens (tertiary/aromatic N) is 1. The number of halogens is 1. The van der Waals surface area contributed by atoms with Crippen LogP contribution in [-0.2, 0) is 4.74 Å². The van der Waals surface area contributed by atoms with Gasteiger partial charge in [0, 0.05) is 19.2 Å². The van der Waals surface area contributed by atoms with Crippen molar-refractivity contribution < 1.29 is 9.13 Å². The summed E-state index contributed by atoms with van der Waals surface area (Å²) in [6.45, 7) is 7.46. The van der Waals surface area contributed by atoms with Crippen molar-refractivity contribution in [3.8, 4) is 0 Å². The quantitative estimate of drug-likeness (QED) is 0.808. The highest BCUT2D eigenvalue weighted by Crippen LogP contribution is 2.09.